The van der Waals surface area contributed by atoms with Crippen molar-refractivity contribution in [3.63, 3.8) is 0 Å². The lowest BCUT2D eigenvalue weighted by Gasteiger charge is -2.14. The van der Waals surface area contributed by atoms with Crippen LogP contribution in [0.5, 0.6) is 5.75 Å². The van der Waals surface area contributed by atoms with Gasteiger partial charge < -0.3 is 9.47 Å². The third kappa shape index (κ3) is 3.93. The molecule has 0 saturated heterocycles. The molecule has 0 radical (unpaired) electrons. The zero-order chi connectivity index (χ0) is 20.9. The Morgan fingerprint density at radius 1 is 0.733 bits per heavy atom. The van der Waals surface area contributed by atoms with E-state index in [0.717, 1.165) is 16.0 Å². The number of hydrogen-bond acceptors (Lipinski definition) is 5. The van der Waals surface area contributed by atoms with Crippen molar-refractivity contribution in [3.05, 3.63) is 90.0 Å². The second-order valence-electron chi connectivity index (χ2n) is 6.68. The minimum Gasteiger partial charge on any atom is -0.481 e. The molecule has 4 rings (SSSR count). The molecule has 0 aromatic heterocycles. The number of esters is 1. The van der Waals surface area contributed by atoms with Gasteiger partial charge in [0.05, 0.1) is 17.7 Å². The highest BCUT2D eigenvalue weighted by Gasteiger charge is 2.34. The predicted molar refractivity (Wildman–Crippen MR) is 110 cm³/mol. The van der Waals surface area contributed by atoms with Gasteiger partial charge in [-0.05, 0) is 23.8 Å². The number of rotatable bonds is 7. The minimum absolute atomic E-state index is 0.00130. The van der Waals surface area contributed by atoms with Gasteiger partial charge in [0, 0.05) is 5.56 Å². The van der Waals surface area contributed by atoms with Crippen LogP contribution in [-0.4, -0.2) is 42.4 Å². The SMILES string of the molecule is O=C(COc1ccccc1-c1ccccc1)OCCN1C(=O)c2ccccc2C1=O. The van der Waals surface area contributed by atoms with Crippen molar-refractivity contribution < 1.29 is 23.9 Å². The quantitative estimate of drug-likeness (QED) is 0.447. The molecule has 3 aromatic carbocycles. The summed E-state index contributed by atoms with van der Waals surface area (Å²) >= 11 is 0. The van der Waals surface area contributed by atoms with Gasteiger partial charge in [-0.15, -0.1) is 0 Å². The highest BCUT2D eigenvalue weighted by Crippen LogP contribution is 2.29. The molecule has 0 fully saturated rings. The van der Waals surface area contributed by atoms with Crippen LogP contribution in [0.15, 0.2) is 78.9 Å². The first-order valence-corrected chi connectivity index (χ1v) is 9.53. The Balaban J connectivity index is 1.30. The highest BCUT2D eigenvalue weighted by molar-refractivity contribution is 6.21. The van der Waals surface area contributed by atoms with Crippen LogP contribution in [0, 0.1) is 0 Å². The number of nitrogens with zero attached hydrogens (tertiary/aromatic N) is 1. The van der Waals surface area contributed by atoms with Gasteiger partial charge in [0.25, 0.3) is 11.8 Å². The van der Waals surface area contributed by atoms with E-state index in [1.54, 1.807) is 30.3 Å². The van der Waals surface area contributed by atoms with Crippen LogP contribution in [-0.2, 0) is 9.53 Å². The largest absolute Gasteiger partial charge is 0.481 e. The molecule has 0 aliphatic carbocycles. The number of carbonyl (C=O) groups excluding carboxylic acids is 3. The molecule has 0 atom stereocenters. The Morgan fingerprint density at radius 3 is 1.97 bits per heavy atom. The summed E-state index contributed by atoms with van der Waals surface area (Å²) < 4.78 is 10.8. The van der Waals surface area contributed by atoms with E-state index >= 15 is 0 Å². The summed E-state index contributed by atoms with van der Waals surface area (Å²) in [5.74, 6) is -0.755. The Bertz CT molecular complexity index is 1060. The molecule has 3 aromatic rings. The zero-order valence-corrected chi connectivity index (χ0v) is 16.1. The fourth-order valence-corrected chi connectivity index (χ4v) is 3.32. The molecule has 30 heavy (non-hydrogen) atoms. The molecular weight excluding hydrogens is 382 g/mol. The van der Waals surface area contributed by atoms with E-state index in [1.165, 1.54) is 0 Å². The summed E-state index contributed by atoms with van der Waals surface area (Å²) in [7, 11) is 0. The monoisotopic (exact) mass is 401 g/mol. The number of benzene rings is 3. The molecule has 0 bridgehead atoms. The minimum atomic E-state index is -0.575. The molecule has 6 heteroatoms. The number of para-hydroxylation sites is 1. The summed E-state index contributed by atoms with van der Waals surface area (Å²) in [6.45, 7) is -0.362. The third-order valence-electron chi connectivity index (χ3n) is 4.77. The van der Waals surface area contributed by atoms with Crippen LogP contribution < -0.4 is 4.74 Å². The maximum atomic E-state index is 12.3. The first-order valence-electron chi connectivity index (χ1n) is 9.53. The van der Waals surface area contributed by atoms with Gasteiger partial charge in [-0.2, -0.15) is 0 Å². The smallest absolute Gasteiger partial charge is 0.344 e. The number of fused-ring (bicyclic) bond motifs is 1. The second kappa shape index (κ2) is 8.61. The molecule has 0 saturated carbocycles. The Labute approximate surface area is 173 Å². The molecule has 0 spiro atoms. The summed E-state index contributed by atoms with van der Waals surface area (Å²) in [6.07, 6.45) is 0. The van der Waals surface area contributed by atoms with Crippen molar-refractivity contribution in [1.29, 1.82) is 0 Å². The lowest BCUT2D eigenvalue weighted by Crippen LogP contribution is -2.34. The highest BCUT2D eigenvalue weighted by atomic mass is 16.6. The van der Waals surface area contributed by atoms with Gasteiger partial charge in [0.15, 0.2) is 6.61 Å². The number of carbonyl (C=O) groups is 3. The topological polar surface area (TPSA) is 72.9 Å². The van der Waals surface area contributed by atoms with Crippen LogP contribution in [0.1, 0.15) is 20.7 Å². The molecule has 150 valence electrons. The van der Waals surface area contributed by atoms with Crippen molar-refractivity contribution in [2.75, 3.05) is 19.8 Å². The normalized spacial score (nSPS) is 12.6. The van der Waals surface area contributed by atoms with Gasteiger partial charge in [0.2, 0.25) is 0 Å². The summed E-state index contributed by atoms with van der Waals surface area (Å²) in [6, 6.07) is 23.8. The van der Waals surface area contributed by atoms with Crippen LogP contribution in [0.2, 0.25) is 0 Å². The van der Waals surface area contributed by atoms with Crippen LogP contribution in [0.25, 0.3) is 11.1 Å². The van der Waals surface area contributed by atoms with Crippen molar-refractivity contribution in [1.82, 2.24) is 4.90 Å². The predicted octanol–water partition coefficient (Wildman–Crippen LogP) is 3.57. The molecule has 6 nitrogen and oxygen atoms in total. The second-order valence-corrected chi connectivity index (χ2v) is 6.68. The fourth-order valence-electron chi connectivity index (χ4n) is 3.32. The van der Waals surface area contributed by atoms with E-state index in [2.05, 4.69) is 0 Å². The van der Waals surface area contributed by atoms with Gasteiger partial charge in [-0.3, -0.25) is 14.5 Å². The number of ether oxygens (including phenoxy) is 2. The van der Waals surface area contributed by atoms with E-state index in [0.29, 0.717) is 16.9 Å². The first kappa shape index (κ1) is 19.4. The standard InChI is InChI=1S/C24H19NO5/c26-22(16-30-21-13-7-6-10-18(21)17-8-2-1-3-9-17)29-15-14-25-23(27)19-11-4-5-12-20(19)24(25)28/h1-13H,14-16H2. The maximum Gasteiger partial charge on any atom is 0.344 e. The fraction of sp³-hybridized carbons (Fsp3) is 0.125. The average Bonchev–Trinajstić information content (AvgIpc) is 3.03. The molecule has 0 N–H and O–H groups in total. The Morgan fingerprint density at radius 2 is 1.30 bits per heavy atom. The van der Waals surface area contributed by atoms with Gasteiger partial charge in [-0.25, -0.2) is 4.79 Å². The Kier molecular flexibility index (Phi) is 5.57. The van der Waals surface area contributed by atoms with E-state index < -0.39 is 5.97 Å². The van der Waals surface area contributed by atoms with Crippen LogP contribution in [0.3, 0.4) is 0 Å². The summed E-state index contributed by atoms with van der Waals surface area (Å²) in [5.41, 5.74) is 2.59. The van der Waals surface area contributed by atoms with Gasteiger partial charge in [-0.1, -0.05) is 60.7 Å². The lowest BCUT2D eigenvalue weighted by atomic mass is 10.1. The van der Waals surface area contributed by atoms with Crippen molar-refractivity contribution in [3.8, 4) is 16.9 Å². The Hall–Kier alpha value is -3.93. The molecule has 1 heterocycles. The van der Waals surface area contributed by atoms with Crippen molar-refractivity contribution in [2.24, 2.45) is 0 Å². The van der Waals surface area contributed by atoms with Crippen molar-refractivity contribution in [2.45, 2.75) is 0 Å². The third-order valence-corrected chi connectivity index (χ3v) is 4.77. The van der Waals surface area contributed by atoms with Crippen molar-refractivity contribution >= 4 is 17.8 Å². The van der Waals surface area contributed by atoms with E-state index in [4.69, 9.17) is 9.47 Å². The first-order chi connectivity index (χ1) is 14.6. The number of hydrogen-bond donors (Lipinski definition) is 0. The molecule has 2 amide bonds. The van der Waals surface area contributed by atoms with E-state index in [9.17, 15) is 14.4 Å². The molecule has 1 aliphatic rings. The lowest BCUT2D eigenvalue weighted by molar-refractivity contribution is -0.146. The van der Waals surface area contributed by atoms with E-state index in [-0.39, 0.29) is 31.6 Å². The molecule has 0 unspecified atom stereocenters. The maximum absolute atomic E-state index is 12.3. The summed E-state index contributed by atoms with van der Waals surface area (Å²) in [4.78, 5) is 37.8. The number of imide groups is 1. The zero-order valence-electron chi connectivity index (χ0n) is 16.1. The van der Waals surface area contributed by atoms with Gasteiger partial charge in [0.1, 0.15) is 12.4 Å². The summed E-state index contributed by atoms with van der Waals surface area (Å²) in [5, 5.41) is 0. The molecular formula is C24H19NO5. The van der Waals surface area contributed by atoms with Gasteiger partial charge >= 0.3 is 5.97 Å². The van der Waals surface area contributed by atoms with E-state index in [1.807, 2.05) is 48.5 Å². The number of amides is 2. The van der Waals surface area contributed by atoms with Crippen LogP contribution in [0.4, 0.5) is 0 Å². The average molecular weight is 401 g/mol. The molecule has 1 aliphatic heterocycles. The van der Waals surface area contributed by atoms with Crippen LogP contribution >= 0.6 is 0 Å².